The van der Waals surface area contributed by atoms with E-state index in [9.17, 15) is 22.8 Å². The van der Waals surface area contributed by atoms with E-state index in [4.69, 9.17) is 22.8 Å². The molecule has 0 aliphatic rings. The Labute approximate surface area is 151 Å². The molecule has 0 bridgehead atoms. The number of hydrogen-bond donors (Lipinski definition) is 2. The number of carbonyl (C=O) groups excluding carboxylic acids is 2. The fraction of sp³-hybridized carbons (Fsp3) is 0.0588. The molecule has 0 aromatic heterocycles. The Morgan fingerprint density at radius 1 is 1.15 bits per heavy atom. The third-order valence-corrected chi connectivity index (χ3v) is 3.29. The van der Waals surface area contributed by atoms with Crippen molar-refractivity contribution in [2.24, 2.45) is 0 Å². The van der Waals surface area contributed by atoms with Crippen LogP contribution in [0.4, 0.5) is 23.7 Å². The van der Waals surface area contributed by atoms with Gasteiger partial charge < -0.3 is 10.1 Å². The minimum atomic E-state index is -1.34. The summed E-state index contributed by atoms with van der Waals surface area (Å²) in [6, 6.07) is 3.45. The highest BCUT2D eigenvalue weighted by Gasteiger charge is 2.20. The van der Waals surface area contributed by atoms with E-state index in [0.29, 0.717) is 0 Å². The molecule has 2 aromatic rings. The van der Waals surface area contributed by atoms with Crippen LogP contribution in [-0.4, -0.2) is 18.5 Å². The van der Waals surface area contributed by atoms with E-state index in [-0.39, 0.29) is 23.1 Å². The molecule has 0 spiro atoms. The zero-order valence-corrected chi connectivity index (χ0v) is 13.7. The van der Waals surface area contributed by atoms with Gasteiger partial charge in [0.1, 0.15) is 35.4 Å². The molecule has 0 atom stereocenters. The molecule has 2 rings (SSSR count). The largest absolute Gasteiger partial charge is 0.479 e. The molecular weight excluding hydrogens is 373 g/mol. The third-order valence-electron chi connectivity index (χ3n) is 3.00. The smallest absolute Gasteiger partial charge is 0.326 e. The Kier molecular flexibility index (Phi) is 6.09. The van der Waals surface area contributed by atoms with Gasteiger partial charge in [-0.05, 0) is 18.2 Å². The topological polar surface area (TPSA) is 67.4 Å². The Bertz CT molecular complexity index is 893. The molecule has 2 aromatic carbocycles. The van der Waals surface area contributed by atoms with Crippen molar-refractivity contribution in [2.75, 3.05) is 11.9 Å². The lowest BCUT2D eigenvalue weighted by atomic mass is 10.2. The first kappa shape index (κ1) is 19.1. The summed E-state index contributed by atoms with van der Waals surface area (Å²) in [5.41, 5.74) is -1.34. The maximum atomic E-state index is 13.9. The van der Waals surface area contributed by atoms with Crippen LogP contribution in [-0.2, 0) is 0 Å². The summed E-state index contributed by atoms with van der Waals surface area (Å²) in [4.78, 5) is 23.6. The van der Waals surface area contributed by atoms with Crippen LogP contribution in [0.5, 0.6) is 5.75 Å². The van der Waals surface area contributed by atoms with Gasteiger partial charge in [0.2, 0.25) is 0 Å². The lowest BCUT2D eigenvalue weighted by molar-refractivity contribution is 0.0959. The lowest BCUT2D eigenvalue weighted by Crippen LogP contribution is -2.35. The average Bonchev–Trinajstić information content (AvgIpc) is 2.56. The number of benzene rings is 2. The SMILES string of the molecule is C#CCOc1cc(NC(=O)NC(=O)c2c(F)cccc2F)c(F)cc1Cl. The van der Waals surface area contributed by atoms with Crippen LogP contribution >= 0.6 is 11.6 Å². The third kappa shape index (κ3) is 4.46. The fourth-order valence-electron chi connectivity index (χ4n) is 1.89. The van der Waals surface area contributed by atoms with Gasteiger partial charge in [0.25, 0.3) is 5.91 Å². The van der Waals surface area contributed by atoms with Crippen molar-refractivity contribution >= 4 is 29.2 Å². The highest BCUT2D eigenvalue weighted by molar-refractivity contribution is 6.32. The van der Waals surface area contributed by atoms with E-state index in [1.807, 2.05) is 5.32 Å². The average molecular weight is 383 g/mol. The molecule has 0 radical (unpaired) electrons. The molecule has 0 saturated carbocycles. The van der Waals surface area contributed by atoms with Gasteiger partial charge in [-0.1, -0.05) is 23.6 Å². The second-order valence-electron chi connectivity index (χ2n) is 4.76. The normalized spacial score (nSPS) is 9.96. The number of ether oxygens (including phenoxy) is 1. The van der Waals surface area contributed by atoms with Gasteiger partial charge in [-0.3, -0.25) is 10.1 Å². The van der Waals surface area contributed by atoms with E-state index < -0.39 is 35.0 Å². The van der Waals surface area contributed by atoms with Crippen molar-refractivity contribution in [1.82, 2.24) is 5.32 Å². The second-order valence-corrected chi connectivity index (χ2v) is 5.17. The van der Waals surface area contributed by atoms with Crippen molar-refractivity contribution in [1.29, 1.82) is 0 Å². The van der Waals surface area contributed by atoms with Crippen LogP contribution in [0.3, 0.4) is 0 Å². The summed E-state index contributed by atoms with van der Waals surface area (Å²) >= 11 is 5.77. The quantitative estimate of drug-likeness (QED) is 0.792. The molecule has 2 N–H and O–H groups in total. The number of carbonyl (C=O) groups is 2. The van der Waals surface area contributed by atoms with Crippen molar-refractivity contribution in [3.63, 3.8) is 0 Å². The summed E-state index contributed by atoms with van der Waals surface area (Å²) < 4.78 is 46.0. The number of urea groups is 1. The van der Waals surface area contributed by atoms with E-state index in [1.54, 1.807) is 5.32 Å². The van der Waals surface area contributed by atoms with Crippen LogP contribution in [0.1, 0.15) is 10.4 Å². The number of imide groups is 1. The predicted octanol–water partition coefficient (Wildman–Crippen LogP) is 3.73. The van der Waals surface area contributed by atoms with Crippen LogP contribution in [0.2, 0.25) is 5.02 Å². The van der Waals surface area contributed by atoms with Crippen molar-refractivity contribution in [2.45, 2.75) is 0 Å². The Balaban J connectivity index is 2.15. The van der Waals surface area contributed by atoms with E-state index in [0.717, 1.165) is 30.3 Å². The number of halogens is 4. The fourth-order valence-corrected chi connectivity index (χ4v) is 2.09. The van der Waals surface area contributed by atoms with Gasteiger partial charge in [0, 0.05) is 6.07 Å². The first-order valence-corrected chi connectivity index (χ1v) is 7.33. The lowest BCUT2D eigenvalue weighted by Gasteiger charge is -2.11. The van der Waals surface area contributed by atoms with Gasteiger partial charge >= 0.3 is 6.03 Å². The van der Waals surface area contributed by atoms with Crippen LogP contribution in [0, 0.1) is 29.8 Å². The van der Waals surface area contributed by atoms with E-state index in [2.05, 4.69) is 5.92 Å². The molecule has 0 unspecified atom stereocenters. The molecule has 0 aliphatic carbocycles. The van der Waals surface area contributed by atoms with Crippen LogP contribution in [0.15, 0.2) is 30.3 Å². The Morgan fingerprint density at radius 2 is 1.81 bits per heavy atom. The summed E-state index contributed by atoms with van der Waals surface area (Å²) in [5.74, 6) is -2.40. The van der Waals surface area contributed by atoms with Crippen molar-refractivity contribution < 1.29 is 27.5 Å². The Hall–Kier alpha value is -3.18. The summed E-state index contributed by atoms with van der Waals surface area (Å²) in [7, 11) is 0. The first-order chi connectivity index (χ1) is 12.3. The molecule has 0 fully saturated rings. The van der Waals surface area contributed by atoms with Gasteiger partial charge in [-0.25, -0.2) is 18.0 Å². The predicted molar refractivity (Wildman–Crippen MR) is 88.6 cm³/mol. The number of rotatable bonds is 4. The molecule has 26 heavy (non-hydrogen) atoms. The van der Waals surface area contributed by atoms with Gasteiger partial charge in [-0.2, -0.15) is 0 Å². The molecule has 0 heterocycles. The monoisotopic (exact) mass is 382 g/mol. The minimum Gasteiger partial charge on any atom is -0.479 e. The molecule has 0 aliphatic heterocycles. The first-order valence-electron chi connectivity index (χ1n) is 6.95. The molecule has 5 nitrogen and oxygen atoms in total. The highest BCUT2D eigenvalue weighted by Crippen LogP contribution is 2.30. The number of anilines is 1. The number of terminal acetylenes is 1. The van der Waals surface area contributed by atoms with E-state index >= 15 is 0 Å². The zero-order valence-electron chi connectivity index (χ0n) is 12.9. The van der Waals surface area contributed by atoms with E-state index in [1.165, 1.54) is 0 Å². The number of amides is 3. The molecule has 3 amide bonds. The second kappa shape index (κ2) is 8.27. The zero-order chi connectivity index (χ0) is 19.3. The molecular formula is C17H10ClF3N2O3. The van der Waals surface area contributed by atoms with Gasteiger partial charge in [-0.15, -0.1) is 6.42 Å². The maximum Gasteiger partial charge on any atom is 0.326 e. The number of hydrogen-bond acceptors (Lipinski definition) is 3. The molecule has 134 valence electrons. The van der Waals surface area contributed by atoms with Gasteiger partial charge in [0.05, 0.1) is 10.7 Å². The van der Waals surface area contributed by atoms with Crippen molar-refractivity contribution in [3.8, 4) is 18.1 Å². The number of nitrogens with one attached hydrogen (secondary N) is 2. The van der Waals surface area contributed by atoms with Crippen molar-refractivity contribution in [3.05, 3.63) is 58.4 Å². The Morgan fingerprint density at radius 3 is 2.42 bits per heavy atom. The maximum absolute atomic E-state index is 13.9. The summed E-state index contributed by atoms with van der Waals surface area (Å²) in [6.07, 6.45) is 5.04. The van der Waals surface area contributed by atoms with Crippen LogP contribution < -0.4 is 15.4 Å². The highest BCUT2D eigenvalue weighted by atomic mass is 35.5. The van der Waals surface area contributed by atoms with Crippen LogP contribution in [0.25, 0.3) is 0 Å². The molecule has 9 heteroatoms. The van der Waals surface area contributed by atoms with Gasteiger partial charge in [0.15, 0.2) is 0 Å². The standard InChI is InChI=1S/C17H10ClF3N2O3/c1-2-6-26-14-8-13(12(21)7-9(14)18)22-17(25)23-16(24)15-10(19)4-3-5-11(15)20/h1,3-5,7-8H,6H2,(H2,22,23,24,25). The summed E-state index contributed by atoms with van der Waals surface area (Å²) in [6.45, 7) is -0.151. The minimum absolute atomic E-state index is 0.00667. The molecule has 0 saturated heterocycles. The summed E-state index contributed by atoms with van der Waals surface area (Å²) in [5, 5.41) is 3.61.